The fourth-order valence-corrected chi connectivity index (χ4v) is 3.60. The Morgan fingerprint density at radius 3 is 2.75 bits per heavy atom. The van der Waals surface area contributed by atoms with Crippen molar-refractivity contribution in [3.05, 3.63) is 29.8 Å². The minimum Gasteiger partial charge on any atom is -0.377 e. The molecule has 0 saturated carbocycles. The van der Waals surface area contributed by atoms with Crippen molar-refractivity contribution in [2.75, 3.05) is 19.7 Å². The number of pyridine rings is 1. The Morgan fingerprint density at radius 1 is 1.33 bits per heavy atom. The Hall–Kier alpha value is -2.02. The fourth-order valence-electron chi connectivity index (χ4n) is 3.60. The summed E-state index contributed by atoms with van der Waals surface area (Å²) in [6.07, 6.45) is 4.41. The van der Waals surface area contributed by atoms with Crippen LogP contribution in [0.25, 0.3) is 0 Å². The molecule has 2 fully saturated rings. The molecular formula is C17H22FN3O3. The number of carbonyl (C=O) groups is 2. The van der Waals surface area contributed by atoms with Gasteiger partial charge >= 0.3 is 0 Å². The average molecular weight is 335 g/mol. The minimum absolute atomic E-state index is 0.108. The van der Waals surface area contributed by atoms with Gasteiger partial charge in [-0.2, -0.15) is 0 Å². The standard InChI is InChI=1S/C17H22FN3O3/c18-13-2-1-6-20-15(13)17(23)21-7-3-11(4-8-21)10-14-12(16(19)22)5-9-24-14/h1-2,6,11-12,14H,3-5,7-10H2,(H2,19,22)/t12-,14-/m1/s1. The molecule has 0 spiro atoms. The third kappa shape index (κ3) is 3.56. The van der Waals surface area contributed by atoms with Crippen molar-refractivity contribution in [1.82, 2.24) is 9.88 Å². The number of piperidine rings is 1. The highest BCUT2D eigenvalue weighted by molar-refractivity contribution is 5.92. The van der Waals surface area contributed by atoms with E-state index in [0.717, 1.165) is 19.3 Å². The average Bonchev–Trinajstić information content (AvgIpc) is 3.04. The molecule has 2 amide bonds. The third-order valence-electron chi connectivity index (χ3n) is 5.00. The second-order valence-corrected chi connectivity index (χ2v) is 6.51. The number of hydrogen-bond acceptors (Lipinski definition) is 4. The van der Waals surface area contributed by atoms with Crippen LogP contribution in [0.4, 0.5) is 4.39 Å². The van der Waals surface area contributed by atoms with Gasteiger partial charge in [0.05, 0.1) is 12.0 Å². The molecule has 130 valence electrons. The van der Waals surface area contributed by atoms with Crippen LogP contribution in [0.3, 0.4) is 0 Å². The van der Waals surface area contributed by atoms with Gasteiger partial charge in [-0.05, 0) is 43.7 Å². The normalized spacial score (nSPS) is 25.0. The third-order valence-corrected chi connectivity index (χ3v) is 5.00. The summed E-state index contributed by atoms with van der Waals surface area (Å²) in [7, 11) is 0. The van der Waals surface area contributed by atoms with Gasteiger partial charge < -0.3 is 15.4 Å². The molecule has 2 aliphatic rings. The topological polar surface area (TPSA) is 85.5 Å². The molecule has 6 nitrogen and oxygen atoms in total. The van der Waals surface area contributed by atoms with E-state index < -0.39 is 5.82 Å². The van der Waals surface area contributed by atoms with Crippen LogP contribution in [0.1, 0.15) is 36.2 Å². The molecule has 0 aliphatic carbocycles. The maximum absolute atomic E-state index is 13.7. The van der Waals surface area contributed by atoms with E-state index >= 15 is 0 Å². The highest BCUT2D eigenvalue weighted by Gasteiger charge is 2.35. The molecule has 2 N–H and O–H groups in total. The Balaban J connectivity index is 1.53. The van der Waals surface area contributed by atoms with E-state index in [0.29, 0.717) is 32.0 Å². The van der Waals surface area contributed by atoms with Crippen LogP contribution >= 0.6 is 0 Å². The molecule has 1 aromatic heterocycles. The van der Waals surface area contributed by atoms with Crippen LogP contribution in [0.2, 0.25) is 0 Å². The largest absolute Gasteiger partial charge is 0.377 e. The second kappa shape index (κ2) is 7.25. The Labute approximate surface area is 140 Å². The van der Waals surface area contributed by atoms with Gasteiger partial charge in [0.25, 0.3) is 5.91 Å². The molecule has 2 saturated heterocycles. The summed E-state index contributed by atoms with van der Waals surface area (Å²) in [5.41, 5.74) is 5.30. The van der Waals surface area contributed by atoms with Crippen LogP contribution < -0.4 is 5.73 Å². The summed E-state index contributed by atoms with van der Waals surface area (Å²) in [6.45, 7) is 1.70. The molecule has 0 unspecified atom stereocenters. The first kappa shape index (κ1) is 16.8. The molecule has 3 rings (SSSR count). The summed E-state index contributed by atoms with van der Waals surface area (Å²) in [5.74, 6) is -1.07. The lowest BCUT2D eigenvalue weighted by molar-refractivity contribution is -0.123. The summed E-state index contributed by atoms with van der Waals surface area (Å²) < 4.78 is 19.3. The summed E-state index contributed by atoms with van der Waals surface area (Å²) in [4.78, 5) is 29.3. The lowest BCUT2D eigenvalue weighted by Crippen LogP contribution is -2.40. The predicted molar refractivity (Wildman–Crippen MR) is 84.5 cm³/mol. The summed E-state index contributed by atoms with van der Waals surface area (Å²) in [5, 5.41) is 0. The maximum atomic E-state index is 13.7. The number of ether oxygens (including phenoxy) is 1. The molecule has 3 heterocycles. The van der Waals surface area contributed by atoms with Crippen molar-refractivity contribution in [2.24, 2.45) is 17.6 Å². The van der Waals surface area contributed by atoms with Gasteiger partial charge in [0.2, 0.25) is 5.91 Å². The van der Waals surface area contributed by atoms with E-state index in [1.54, 1.807) is 4.90 Å². The van der Waals surface area contributed by atoms with Crippen LogP contribution in [0, 0.1) is 17.7 Å². The van der Waals surface area contributed by atoms with Crippen molar-refractivity contribution in [3.8, 4) is 0 Å². The van der Waals surface area contributed by atoms with E-state index in [9.17, 15) is 14.0 Å². The summed E-state index contributed by atoms with van der Waals surface area (Å²) in [6, 6.07) is 2.71. The molecule has 7 heteroatoms. The van der Waals surface area contributed by atoms with Crippen LogP contribution in [0.15, 0.2) is 18.3 Å². The lowest BCUT2D eigenvalue weighted by Gasteiger charge is -2.33. The van der Waals surface area contributed by atoms with E-state index in [-0.39, 0.29) is 29.5 Å². The number of primary amides is 1. The van der Waals surface area contributed by atoms with Crippen molar-refractivity contribution in [3.63, 3.8) is 0 Å². The number of aromatic nitrogens is 1. The lowest BCUT2D eigenvalue weighted by atomic mass is 9.86. The van der Waals surface area contributed by atoms with Crippen molar-refractivity contribution < 1.29 is 18.7 Å². The monoisotopic (exact) mass is 335 g/mol. The number of amides is 2. The number of likely N-dealkylation sites (tertiary alicyclic amines) is 1. The molecule has 1 aromatic rings. The first-order chi connectivity index (χ1) is 11.6. The first-order valence-electron chi connectivity index (χ1n) is 8.37. The smallest absolute Gasteiger partial charge is 0.275 e. The van der Waals surface area contributed by atoms with Gasteiger partial charge in [-0.3, -0.25) is 9.59 Å². The molecule has 2 atom stereocenters. The van der Waals surface area contributed by atoms with Gasteiger partial charge in [-0.15, -0.1) is 0 Å². The zero-order valence-corrected chi connectivity index (χ0v) is 13.5. The number of nitrogens with zero attached hydrogens (tertiary/aromatic N) is 2. The number of rotatable bonds is 4. The summed E-state index contributed by atoms with van der Waals surface area (Å²) >= 11 is 0. The SMILES string of the molecule is NC(=O)[C@@H]1CCO[C@@H]1CC1CCN(C(=O)c2ncccc2F)CC1. The molecular weight excluding hydrogens is 313 g/mol. The number of halogens is 1. The van der Waals surface area contributed by atoms with Gasteiger partial charge in [-0.1, -0.05) is 0 Å². The van der Waals surface area contributed by atoms with Crippen LogP contribution in [-0.2, 0) is 9.53 Å². The van der Waals surface area contributed by atoms with E-state index in [1.807, 2.05) is 0 Å². The number of hydrogen-bond donors (Lipinski definition) is 1. The molecule has 0 bridgehead atoms. The van der Waals surface area contributed by atoms with E-state index in [1.165, 1.54) is 18.3 Å². The van der Waals surface area contributed by atoms with Crippen molar-refractivity contribution >= 4 is 11.8 Å². The van der Waals surface area contributed by atoms with Crippen molar-refractivity contribution in [2.45, 2.75) is 31.8 Å². The Kier molecular flexibility index (Phi) is 5.08. The second-order valence-electron chi connectivity index (χ2n) is 6.51. The molecule has 24 heavy (non-hydrogen) atoms. The zero-order chi connectivity index (χ0) is 17.1. The Bertz CT molecular complexity index is 617. The zero-order valence-electron chi connectivity index (χ0n) is 13.5. The predicted octanol–water partition coefficient (Wildman–Crippen LogP) is 1.35. The van der Waals surface area contributed by atoms with Gasteiger partial charge in [0.15, 0.2) is 11.5 Å². The number of carbonyl (C=O) groups excluding carboxylic acids is 2. The molecule has 0 aromatic carbocycles. The van der Waals surface area contributed by atoms with E-state index in [4.69, 9.17) is 10.5 Å². The van der Waals surface area contributed by atoms with E-state index in [2.05, 4.69) is 4.98 Å². The fraction of sp³-hybridized carbons (Fsp3) is 0.588. The Morgan fingerprint density at radius 2 is 2.08 bits per heavy atom. The quantitative estimate of drug-likeness (QED) is 0.900. The van der Waals surface area contributed by atoms with Crippen molar-refractivity contribution in [1.29, 1.82) is 0 Å². The molecule has 2 aliphatic heterocycles. The maximum Gasteiger partial charge on any atom is 0.275 e. The van der Waals surface area contributed by atoms with Gasteiger partial charge in [0.1, 0.15) is 0 Å². The number of nitrogens with two attached hydrogens (primary N) is 1. The highest BCUT2D eigenvalue weighted by Crippen LogP contribution is 2.31. The van der Waals surface area contributed by atoms with Gasteiger partial charge in [0, 0.05) is 25.9 Å². The van der Waals surface area contributed by atoms with Crippen LogP contribution in [0.5, 0.6) is 0 Å². The minimum atomic E-state index is -0.590. The first-order valence-corrected chi connectivity index (χ1v) is 8.37. The highest BCUT2D eigenvalue weighted by atomic mass is 19.1. The molecule has 0 radical (unpaired) electrons. The van der Waals surface area contributed by atoms with Gasteiger partial charge in [-0.25, -0.2) is 9.37 Å². The van der Waals surface area contributed by atoms with Crippen LogP contribution in [-0.4, -0.2) is 47.5 Å².